The van der Waals surface area contributed by atoms with Crippen LogP contribution in [-0.2, 0) is 0 Å². The quantitative estimate of drug-likeness (QED) is 0.621. The summed E-state index contributed by atoms with van der Waals surface area (Å²) in [4.78, 5) is 1.12. The van der Waals surface area contributed by atoms with E-state index in [-0.39, 0.29) is 5.82 Å². The molecule has 2 aromatic rings. The molecular weight excluding hydrogens is 183 g/mol. The average molecular weight is 192 g/mol. The zero-order chi connectivity index (χ0) is 9.26. The van der Waals surface area contributed by atoms with Gasteiger partial charge in [-0.05, 0) is 23.8 Å². The summed E-state index contributed by atoms with van der Waals surface area (Å²) in [5.41, 5.74) is 0. The Hall–Kier alpha value is -1.02. The van der Waals surface area contributed by atoms with E-state index in [1.807, 2.05) is 36.6 Å². The zero-order valence-electron chi connectivity index (χ0n) is 7.25. The second-order valence-corrected chi connectivity index (χ2v) is 3.64. The van der Waals surface area contributed by atoms with Crippen LogP contribution >= 0.6 is 11.8 Å². The van der Waals surface area contributed by atoms with Gasteiger partial charge in [0.2, 0.25) is 0 Å². The second kappa shape index (κ2) is 3.38. The molecule has 2 rings (SSSR count). The van der Waals surface area contributed by atoms with Crippen molar-refractivity contribution in [3.05, 3.63) is 42.2 Å². The third kappa shape index (κ3) is 1.42. The molecule has 0 nitrogen and oxygen atoms in total. The van der Waals surface area contributed by atoms with Crippen LogP contribution in [0.4, 0.5) is 4.39 Å². The summed E-state index contributed by atoms with van der Waals surface area (Å²) in [6.45, 7) is 0. The number of benzene rings is 2. The van der Waals surface area contributed by atoms with Gasteiger partial charge in [-0.25, -0.2) is 4.39 Å². The van der Waals surface area contributed by atoms with Crippen molar-refractivity contribution < 1.29 is 4.39 Å². The average Bonchev–Trinajstić information content (AvgIpc) is 2.19. The van der Waals surface area contributed by atoms with E-state index >= 15 is 0 Å². The van der Waals surface area contributed by atoms with E-state index in [0.717, 1.165) is 10.3 Å². The van der Waals surface area contributed by atoms with E-state index in [9.17, 15) is 4.39 Å². The van der Waals surface area contributed by atoms with E-state index in [0.29, 0.717) is 5.39 Å². The Balaban J connectivity index is 2.84. The van der Waals surface area contributed by atoms with Crippen LogP contribution in [0.5, 0.6) is 0 Å². The van der Waals surface area contributed by atoms with Gasteiger partial charge in [0.15, 0.2) is 0 Å². The fraction of sp³-hybridized carbons (Fsp3) is 0.0909. The minimum Gasteiger partial charge on any atom is -0.206 e. The van der Waals surface area contributed by atoms with Crippen molar-refractivity contribution in [2.75, 3.05) is 6.26 Å². The first-order valence-electron chi connectivity index (χ1n) is 4.04. The van der Waals surface area contributed by atoms with Gasteiger partial charge < -0.3 is 0 Å². The minimum atomic E-state index is -0.145. The van der Waals surface area contributed by atoms with E-state index in [4.69, 9.17) is 0 Å². The number of thioether (sulfide) groups is 1. The molecule has 0 amide bonds. The molecule has 66 valence electrons. The molecule has 0 saturated heterocycles. The molecule has 0 N–H and O–H groups in total. The lowest BCUT2D eigenvalue weighted by Crippen LogP contribution is -1.81. The summed E-state index contributed by atoms with van der Waals surface area (Å²) in [6, 6.07) is 10.9. The number of halogens is 1. The maximum absolute atomic E-state index is 13.3. The van der Waals surface area contributed by atoms with Gasteiger partial charge in [0.05, 0.1) is 0 Å². The summed E-state index contributed by atoms with van der Waals surface area (Å²) in [5, 5.41) is 1.70. The summed E-state index contributed by atoms with van der Waals surface area (Å²) in [6.07, 6.45) is 2.00. The Morgan fingerprint density at radius 1 is 1.00 bits per heavy atom. The molecule has 13 heavy (non-hydrogen) atoms. The highest BCUT2D eigenvalue weighted by atomic mass is 32.2. The Labute approximate surface area is 80.8 Å². The molecule has 0 spiro atoms. The first-order valence-corrected chi connectivity index (χ1v) is 5.26. The molecule has 0 bridgehead atoms. The number of hydrogen-bond donors (Lipinski definition) is 0. The van der Waals surface area contributed by atoms with Crippen LogP contribution in [0.3, 0.4) is 0 Å². The molecule has 0 aliphatic carbocycles. The number of hydrogen-bond acceptors (Lipinski definition) is 1. The number of fused-ring (bicyclic) bond motifs is 1. The van der Waals surface area contributed by atoms with Crippen molar-refractivity contribution in [1.29, 1.82) is 0 Å². The molecule has 0 aromatic heterocycles. The van der Waals surface area contributed by atoms with Crippen molar-refractivity contribution in [2.24, 2.45) is 0 Å². The third-order valence-corrected chi connectivity index (χ3v) is 2.85. The lowest BCUT2D eigenvalue weighted by molar-refractivity contribution is 0.639. The predicted molar refractivity (Wildman–Crippen MR) is 55.7 cm³/mol. The van der Waals surface area contributed by atoms with E-state index in [1.54, 1.807) is 11.8 Å². The van der Waals surface area contributed by atoms with Gasteiger partial charge >= 0.3 is 0 Å². The smallest absolute Gasteiger partial charge is 0.131 e. The monoisotopic (exact) mass is 192 g/mol. The van der Waals surface area contributed by atoms with Crippen LogP contribution in [0.15, 0.2) is 41.3 Å². The molecule has 0 fully saturated rings. The normalized spacial score (nSPS) is 10.6. The summed E-state index contributed by atoms with van der Waals surface area (Å²) < 4.78 is 13.3. The molecular formula is C11H9FS. The van der Waals surface area contributed by atoms with E-state index in [1.165, 1.54) is 6.07 Å². The predicted octanol–water partition coefficient (Wildman–Crippen LogP) is 3.70. The first kappa shape index (κ1) is 8.57. The minimum absolute atomic E-state index is 0.145. The molecule has 2 heteroatoms. The van der Waals surface area contributed by atoms with Gasteiger partial charge in [-0.1, -0.05) is 24.3 Å². The van der Waals surface area contributed by atoms with Gasteiger partial charge in [0.1, 0.15) is 5.82 Å². The lowest BCUT2D eigenvalue weighted by atomic mass is 10.1. The van der Waals surface area contributed by atoms with Crippen molar-refractivity contribution in [3.63, 3.8) is 0 Å². The summed E-state index contributed by atoms with van der Waals surface area (Å²) in [5.74, 6) is -0.145. The van der Waals surface area contributed by atoms with Gasteiger partial charge in [0.25, 0.3) is 0 Å². The largest absolute Gasteiger partial charge is 0.206 e. The fourth-order valence-corrected chi connectivity index (χ4v) is 2.01. The summed E-state index contributed by atoms with van der Waals surface area (Å²) >= 11 is 1.64. The van der Waals surface area contributed by atoms with Crippen molar-refractivity contribution in [3.8, 4) is 0 Å². The van der Waals surface area contributed by atoms with Gasteiger partial charge in [-0.3, -0.25) is 0 Å². The van der Waals surface area contributed by atoms with E-state index in [2.05, 4.69) is 0 Å². The first-order chi connectivity index (χ1) is 6.33. The molecule has 0 aliphatic heterocycles. The van der Waals surface area contributed by atoms with Gasteiger partial charge in [0, 0.05) is 10.3 Å². The molecule has 0 aliphatic rings. The van der Waals surface area contributed by atoms with Crippen molar-refractivity contribution >= 4 is 22.5 Å². The van der Waals surface area contributed by atoms with Gasteiger partial charge in [-0.15, -0.1) is 11.8 Å². The van der Waals surface area contributed by atoms with Crippen LogP contribution in [0.1, 0.15) is 0 Å². The molecule has 0 saturated carbocycles. The Morgan fingerprint density at radius 3 is 2.38 bits per heavy atom. The highest BCUT2D eigenvalue weighted by molar-refractivity contribution is 7.98. The van der Waals surface area contributed by atoms with Crippen LogP contribution in [-0.4, -0.2) is 6.26 Å². The van der Waals surface area contributed by atoms with Crippen LogP contribution in [0, 0.1) is 5.82 Å². The van der Waals surface area contributed by atoms with Crippen LogP contribution in [0.2, 0.25) is 0 Å². The maximum atomic E-state index is 13.3. The van der Waals surface area contributed by atoms with E-state index < -0.39 is 0 Å². The highest BCUT2D eigenvalue weighted by Crippen LogP contribution is 2.27. The van der Waals surface area contributed by atoms with Crippen molar-refractivity contribution in [1.82, 2.24) is 0 Å². The standard InChI is InChI=1S/C11H9FS/c1-13-11-7-6-10(12)8-4-2-3-5-9(8)11/h2-7H,1H3. The topological polar surface area (TPSA) is 0 Å². The van der Waals surface area contributed by atoms with Gasteiger partial charge in [-0.2, -0.15) is 0 Å². The molecule has 2 aromatic carbocycles. The highest BCUT2D eigenvalue weighted by Gasteiger charge is 2.03. The molecule has 0 heterocycles. The Morgan fingerprint density at radius 2 is 1.69 bits per heavy atom. The molecule has 0 radical (unpaired) electrons. The SMILES string of the molecule is CSc1ccc(F)c2ccccc12. The Kier molecular flexibility index (Phi) is 2.23. The summed E-state index contributed by atoms with van der Waals surface area (Å²) in [7, 11) is 0. The maximum Gasteiger partial charge on any atom is 0.131 e. The molecule has 0 unspecified atom stereocenters. The number of rotatable bonds is 1. The fourth-order valence-electron chi connectivity index (χ4n) is 1.41. The van der Waals surface area contributed by atoms with Crippen LogP contribution < -0.4 is 0 Å². The lowest BCUT2D eigenvalue weighted by Gasteiger charge is -2.03. The molecule has 0 atom stereocenters. The van der Waals surface area contributed by atoms with Crippen LogP contribution in [0.25, 0.3) is 10.8 Å². The Bertz CT molecular complexity index is 437. The second-order valence-electron chi connectivity index (χ2n) is 2.80. The van der Waals surface area contributed by atoms with Crippen molar-refractivity contribution in [2.45, 2.75) is 4.90 Å². The zero-order valence-corrected chi connectivity index (χ0v) is 8.07. The third-order valence-electron chi connectivity index (χ3n) is 2.05.